The van der Waals surface area contributed by atoms with Gasteiger partial charge in [-0.05, 0) is 50.1 Å². The van der Waals surface area contributed by atoms with Crippen LogP contribution in [-0.4, -0.2) is 32.3 Å². The predicted molar refractivity (Wildman–Crippen MR) is 89.0 cm³/mol. The number of rotatable bonds is 4. The molecule has 1 aromatic carbocycles. The van der Waals surface area contributed by atoms with Crippen molar-refractivity contribution in [2.75, 3.05) is 0 Å². The monoisotopic (exact) mass is 327 g/mol. The zero-order valence-corrected chi connectivity index (χ0v) is 13.6. The molecule has 0 saturated heterocycles. The minimum atomic E-state index is -0.841. The Morgan fingerprint density at radius 2 is 2.04 bits per heavy atom. The highest BCUT2D eigenvalue weighted by Crippen LogP contribution is 2.34. The SMILES string of the molecule is CC1(NC(=O)c2ccc(-n3cccn3)cc2)CCCCC1C(=O)O. The van der Waals surface area contributed by atoms with Crippen molar-refractivity contribution < 1.29 is 14.7 Å². The van der Waals surface area contributed by atoms with E-state index in [-0.39, 0.29) is 5.91 Å². The van der Waals surface area contributed by atoms with Crippen molar-refractivity contribution in [2.24, 2.45) is 5.92 Å². The maximum atomic E-state index is 12.6. The van der Waals surface area contributed by atoms with Crippen LogP contribution in [0.4, 0.5) is 0 Å². The fourth-order valence-corrected chi connectivity index (χ4v) is 3.40. The van der Waals surface area contributed by atoms with Crippen LogP contribution in [0.25, 0.3) is 5.69 Å². The number of amides is 1. The summed E-state index contributed by atoms with van der Waals surface area (Å²) in [5.74, 6) is -1.62. The maximum absolute atomic E-state index is 12.6. The smallest absolute Gasteiger partial charge is 0.308 e. The van der Waals surface area contributed by atoms with Gasteiger partial charge >= 0.3 is 5.97 Å². The number of carboxylic acids is 1. The summed E-state index contributed by atoms with van der Waals surface area (Å²) in [6, 6.07) is 8.93. The summed E-state index contributed by atoms with van der Waals surface area (Å²) in [6.45, 7) is 1.83. The number of benzene rings is 1. The van der Waals surface area contributed by atoms with Crippen LogP contribution in [-0.2, 0) is 4.79 Å². The minimum absolute atomic E-state index is 0.238. The first kappa shape index (κ1) is 16.2. The molecule has 1 heterocycles. The minimum Gasteiger partial charge on any atom is -0.481 e. The molecule has 1 aliphatic carbocycles. The molecule has 1 fully saturated rings. The zero-order chi connectivity index (χ0) is 17.2. The standard InChI is InChI=1S/C18H21N3O3/c1-18(10-3-2-5-15(18)17(23)24)20-16(22)13-6-8-14(9-7-13)21-12-4-11-19-21/h4,6-9,11-12,15H,2-3,5,10H2,1H3,(H,20,22)(H,23,24). The zero-order valence-electron chi connectivity index (χ0n) is 13.6. The number of nitrogens with one attached hydrogen (secondary N) is 1. The lowest BCUT2D eigenvalue weighted by Crippen LogP contribution is -2.55. The van der Waals surface area contributed by atoms with E-state index in [1.54, 1.807) is 23.0 Å². The molecule has 24 heavy (non-hydrogen) atoms. The second kappa shape index (κ2) is 6.47. The number of hydrogen-bond donors (Lipinski definition) is 2. The van der Waals surface area contributed by atoms with E-state index < -0.39 is 17.4 Å². The van der Waals surface area contributed by atoms with Gasteiger partial charge in [-0.25, -0.2) is 4.68 Å². The molecule has 2 atom stereocenters. The molecule has 3 rings (SSSR count). The summed E-state index contributed by atoms with van der Waals surface area (Å²) < 4.78 is 1.71. The second-order valence-electron chi connectivity index (χ2n) is 6.51. The number of carbonyl (C=O) groups is 2. The van der Waals surface area contributed by atoms with E-state index in [9.17, 15) is 14.7 Å². The van der Waals surface area contributed by atoms with E-state index in [0.717, 1.165) is 18.5 Å². The van der Waals surface area contributed by atoms with Crippen LogP contribution in [0.3, 0.4) is 0 Å². The largest absolute Gasteiger partial charge is 0.481 e. The molecule has 0 aliphatic heterocycles. The number of carboxylic acid groups (broad SMARTS) is 1. The molecule has 2 unspecified atom stereocenters. The molecule has 1 aliphatic rings. The first-order valence-corrected chi connectivity index (χ1v) is 8.15. The third kappa shape index (κ3) is 3.18. The van der Waals surface area contributed by atoms with Crippen LogP contribution in [0.1, 0.15) is 43.0 Å². The summed E-state index contributed by atoms with van der Waals surface area (Å²) in [5, 5.41) is 16.5. The van der Waals surface area contributed by atoms with Gasteiger partial charge in [0.15, 0.2) is 0 Å². The Kier molecular flexibility index (Phi) is 4.38. The molecule has 0 bridgehead atoms. The number of aliphatic carboxylic acids is 1. The van der Waals surface area contributed by atoms with Gasteiger partial charge in [-0.15, -0.1) is 0 Å². The number of nitrogens with zero attached hydrogens (tertiary/aromatic N) is 2. The van der Waals surface area contributed by atoms with E-state index in [2.05, 4.69) is 10.4 Å². The lowest BCUT2D eigenvalue weighted by molar-refractivity contribution is -0.145. The first-order valence-electron chi connectivity index (χ1n) is 8.15. The van der Waals surface area contributed by atoms with Crippen molar-refractivity contribution in [3.05, 3.63) is 48.3 Å². The average Bonchev–Trinajstić information content (AvgIpc) is 3.09. The van der Waals surface area contributed by atoms with Crippen molar-refractivity contribution in [3.63, 3.8) is 0 Å². The maximum Gasteiger partial charge on any atom is 0.308 e. The third-order valence-electron chi connectivity index (χ3n) is 4.80. The third-order valence-corrected chi connectivity index (χ3v) is 4.80. The number of hydrogen-bond acceptors (Lipinski definition) is 3. The summed E-state index contributed by atoms with van der Waals surface area (Å²) >= 11 is 0. The van der Waals surface area contributed by atoms with Crippen molar-refractivity contribution in [3.8, 4) is 5.69 Å². The quantitative estimate of drug-likeness (QED) is 0.904. The van der Waals surface area contributed by atoms with Gasteiger partial charge in [0.1, 0.15) is 0 Å². The molecule has 2 aromatic rings. The molecule has 0 radical (unpaired) electrons. The fourth-order valence-electron chi connectivity index (χ4n) is 3.40. The summed E-state index contributed by atoms with van der Waals surface area (Å²) in [4.78, 5) is 24.1. The predicted octanol–water partition coefficient (Wildman–Crippen LogP) is 2.64. The second-order valence-corrected chi connectivity index (χ2v) is 6.51. The number of aromatic nitrogens is 2. The highest BCUT2D eigenvalue weighted by atomic mass is 16.4. The molecule has 1 saturated carbocycles. The van der Waals surface area contributed by atoms with Crippen LogP contribution in [0.2, 0.25) is 0 Å². The van der Waals surface area contributed by atoms with Gasteiger partial charge in [0.05, 0.1) is 17.1 Å². The highest BCUT2D eigenvalue weighted by molar-refractivity contribution is 5.95. The van der Waals surface area contributed by atoms with Gasteiger partial charge < -0.3 is 10.4 Å². The normalized spacial score (nSPS) is 23.6. The molecule has 126 valence electrons. The summed E-state index contributed by atoms with van der Waals surface area (Å²) in [6.07, 6.45) is 6.62. The fraction of sp³-hybridized carbons (Fsp3) is 0.389. The van der Waals surface area contributed by atoms with Crippen molar-refractivity contribution in [1.29, 1.82) is 0 Å². The average molecular weight is 327 g/mol. The van der Waals surface area contributed by atoms with Gasteiger partial charge in [-0.3, -0.25) is 9.59 Å². The Morgan fingerprint density at radius 3 is 2.67 bits per heavy atom. The lowest BCUT2D eigenvalue weighted by Gasteiger charge is -2.39. The Hall–Kier alpha value is -2.63. The Labute approximate surface area is 140 Å². The van der Waals surface area contributed by atoms with Crippen LogP contribution in [0, 0.1) is 5.92 Å². The van der Waals surface area contributed by atoms with Crippen molar-refractivity contribution in [1.82, 2.24) is 15.1 Å². The Bertz CT molecular complexity index is 724. The van der Waals surface area contributed by atoms with Crippen molar-refractivity contribution in [2.45, 2.75) is 38.1 Å². The van der Waals surface area contributed by atoms with Gasteiger partial charge in [-0.1, -0.05) is 12.8 Å². The van der Waals surface area contributed by atoms with Crippen LogP contribution in [0.15, 0.2) is 42.7 Å². The van der Waals surface area contributed by atoms with Gasteiger partial charge in [0.25, 0.3) is 5.91 Å². The molecule has 1 amide bonds. The lowest BCUT2D eigenvalue weighted by atomic mass is 9.73. The van der Waals surface area contributed by atoms with E-state index in [4.69, 9.17) is 0 Å². The van der Waals surface area contributed by atoms with Crippen molar-refractivity contribution >= 4 is 11.9 Å². The molecular weight excluding hydrogens is 306 g/mol. The Balaban J connectivity index is 1.75. The van der Waals surface area contributed by atoms with Crippen LogP contribution in [0.5, 0.6) is 0 Å². The topological polar surface area (TPSA) is 84.2 Å². The van der Waals surface area contributed by atoms with E-state index in [0.29, 0.717) is 18.4 Å². The molecular formula is C18H21N3O3. The van der Waals surface area contributed by atoms with E-state index in [1.165, 1.54) is 0 Å². The summed E-state index contributed by atoms with van der Waals surface area (Å²) in [5.41, 5.74) is 0.674. The van der Waals surface area contributed by atoms with E-state index >= 15 is 0 Å². The molecule has 2 N–H and O–H groups in total. The Morgan fingerprint density at radius 1 is 1.29 bits per heavy atom. The highest BCUT2D eigenvalue weighted by Gasteiger charge is 2.42. The molecule has 0 spiro atoms. The number of carbonyl (C=O) groups excluding carboxylic acids is 1. The van der Waals surface area contributed by atoms with E-state index in [1.807, 2.05) is 31.3 Å². The van der Waals surface area contributed by atoms with Crippen LogP contribution < -0.4 is 5.32 Å². The van der Waals surface area contributed by atoms with Crippen LogP contribution >= 0.6 is 0 Å². The van der Waals surface area contributed by atoms with Gasteiger partial charge in [-0.2, -0.15) is 5.10 Å². The molecule has 6 heteroatoms. The summed E-state index contributed by atoms with van der Waals surface area (Å²) in [7, 11) is 0. The molecule has 1 aromatic heterocycles. The van der Waals surface area contributed by atoms with Gasteiger partial charge in [0, 0.05) is 18.0 Å². The van der Waals surface area contributed by atoms with Gasteiger partial charge in [0.2, 0.25) is 0 Å². The molecule has 6 nitrogen and oxygen atoms in total. The first-order chi connectivity index (χ1) is 11.5.